The smallest absolute Gasteiger partial charge is 0.266 e. The fourth-order valence-electron chi connectivity index (χ4n) is 3.87. The first-order valence-electron chi connectivity index (χ1n) is 11.0. The van der Waals surface area contributed by atoms with E-state index in [1.54, 1.807) is 17.2 Å². The summed E-state index contributed by atoms with van der Waals surface area (Å²) < 4.78 is 2.00. The minimum Gasteiger partial charge on any atom is -0.286 e. The quantitative estimate of drug-likeness (QED) is 0.181. The van der Waals surface area contributed by atoms with Crippen molar-refractivity contribution in [3.8, 4) is 0 Å². The fourth-order valence-corrected chi connectivity index (χ4v) is 6.18. The van der Waals surface area contributed by atoms with Gasteiger partial charge in [-0.05, 0) is 49.2 Å². The number of benzene rings is 2. The highest BCUT2D eigenvalue weighted by Crippen LogP contribution is 2.39. The third kappa shape index (κ3) is 4.69. The molecule has 0 saturated carbocycles. The molecule has 0 radical (unpaired) electrons. The monoisotopic (exact) mass is 515 g/mol. The number of aromatic nitrogens is 2. The molecule has 174 valence electrons. The van der Waals surface area contributed by atoms with E-state index in [-0.39, 0.29) is 17.5 Å². The third-order valence-corrected chi connectivity index (χ3v) is 8.04. The van der Waals surface area contributed by atoms with Crippen LogP contribution < -0.4 is 5.56 Å². The molecule has 3 heterocycles. The molecule has 0 spiro atoms. The van der Waals surface area contributed by atoms with Crippen molar-refractivity contribution < 1.29 is 4.79 Å². The van der Waals surface area contributed by atoms with Crippen LogP contribution in [0, 0.1) is 6.92 Å². The van der Waals surface area contributed by atoms with Crippen LogP contribution in [0.1, 0.15) is 29.7 Å². The molecule has 4 aromatic rings. The van der Waals surface area contributed by atoms with Crippen molar-refractivity contribution in [2.24, 2.45) is 0 Å². The van der Waals surface area contributed by atoms with Gasteiger partial charge in [0.05, 0.1) is 16.5 Å². The van der Waals surface area contributed by atoms with Crippen molar-refractivity contribution in [2.45, 2.75) is 29.8 Å². The highest BCUT2D eigenvalue weighted by molar-refractivity contribution is 8.26. The lowest BCUT2D eigenvalue weighted by atomic mass is 10.1. The van der Waals surface area contributed by atoms with Crippen LogP contribution in [-0.4, -0.2) is 24.5 Å². The normalized spacial score (nSPS) is 15.8. The maximum Gasteiger partial charge on any atom is 0.266 e. The molecule has 1 atom stereocenters. The van der Waals surface area contributed by atoms with Crippen molar-refractivity contribution in [1.29, 1.82) is 0 Å². The van der Waals surface area contributed by atoms with E-state index >= 15 is 0 Å². The van der Waals surface area contributed by atoms with Gasteiger partial charge >= 0.3 is 0 Å². The Kier molecular flexibility index (Phi) is 6.60. The van der Waals surface area contributed by atoms with Crippen LogP contribution in [0.4, 0.5) is 0 Å². The van der Waals surface area contributed by atoms with Crippen LogP contribution in [0.5, 0.6) is 0 Å². The summed E-state index contributed by atoms with van der Waals surface area (Å²) in [7, 11) is 0. The molecule has 0 unspecified atom stereocenters. The molecule has 5 nitrogen and oxygen atoms in total. The van der Waals surface area contributed by atoms with Gasteiger partial charge in [-0.3, -0.25) is 18.9 Å². The average molecular weight is 516 g/mol. The number of amides is 1. The minimum atomic E-state index is -0.224. The molecular formula is C27H21N3O2S3. The molecule has 1 fully saturated rings. The zero-order chi connectivity index (χ0) is 24.5. The molecular weight excluding hydrogens is 495 g/mol. The van der Waals surface area contributed by atoms with E-state index in [4.69, 9.17) is 17.2 Å². The highest BCUT2D eigenvalue weighted by atomic mass is 32.2. The first-order chi connectivity index (χ1) is 16.9. The maximum absolute atomic E-state index is 13.6. The number of pyridine rings is 1. The molecule has 2 aromatic heterocycles. The molecule has 1 saturated heterocycles. The number of thioether (sulfide) groups is 1. The Morgan fingerprint density at radius 3 is 2.40 bits per heavy atom. The summed E-state index contributed by atoms with van der Waals surface area (Å²) >= 11 is 8.19. The molecule has 1 aliphatic rings. The Balaban J connectivity index is 1.60. The number of thiocarbonyl (C=S) groups is 1. The van der Waals surface area contributed by atoms with E-state index in [0.717, 1.165) is 16.0 Å². The second-order valence-corrected chi connectivity index (χ2v) is 10.9. The van der Waals surface area contributed by atoms with Crippen LogP contribution >= 0.6 is 35.7 Å². The van der Waals surface area contributed by atoms with Crippen molar-refractivity contribution in [3.05, 3.63) is 111 Å². The summed E-state index contributed by atoms with van der Waals surface area (Å²) in [6.45, 7) is 3.88. The van der Waals surface area contributed by atoms with Crippen LogP contribution in [0.3, 0.4) is 0 Å². The number of hydrogen-bond donors (Lipinski definition) is 0. The van der Waals surface area contributed by atoms with Crippen LogP contribution in [0.25, 0.3) is 11.7 Å². The zero-order valence-corrected chi connectivity index (χ0v) is 21.5. The summed E-state index contributed by atoms with van der Waals surface area (Å²) in [6.07, 6.45) is 3.41. The fraction of sp³-hybridized carbons (Fsp3) is 0.111. The van der Waals surface area contributed by atoms with E-state index in [0.29, 0.717) is 25.5 Å². The number of rotatable bonds is 5. The largest absolute Gasteiger partial charge is 0.286 e. The zero-order valence-electron chi connectivity index (χ0n) is 19.0. The van der Waals surface area contributed by atoms with Gasteiger partial charge in [-0.2, -0.15) is 0 Å². The summed E-state index contributed by atoms with van der Waals surface area (Å²) in [6, 6.07) is 23.1. The second kappa shape index (κ2) is 9.81. The number of carbonyl (C=O) groups is 1. The lowest BCUT2D eigenvalue weighted by molar-refractivity contribution is -0.123. The second-order valence-electron chi connectivity index (χ2n) is 8.12. The van der Waals surface area contributed by atoms with Gasteiger partial charge in [0.25, 0.3) is 11.5 Å². The maximum atomic E-state index is 13.6. The summed E-state index contributed by atoms with van der Waals surface area (Å²) in [4.78, 5) is 34.8. The van der Waals surface area contributed by atoms with Crippen LogP contribution in [0.2, 0.25) is 0 Å². The Morgan fingerprint density at radius 1 is 1.00 bits per heavy atom. The predicted molar refractivity (Wildman–Crippen MR) is 147 cm³/mol. The molecule has 0 N–H and O–H groups in total. The van der Waals surface area contributed by atoms with Gasteiger partial charge in [-0.15, -0.1) is 0 Å². The Morgan fingerprint density at radius 2 is 1.69 bits per heavy atom. The average Bonchev–Trinajstić information content (AvgIpc) is 3.15. The van der Waals surface area contributed by atoms with Gasteiger partial charge < -0.3 is 0 Å². The number of hydrogen-bond acceptors (Lipinski definition) is 6. The Labute approximate surface area is 216 Å². The molecule has 2 aromatic carbocycles. The van der Waals surface area contributed by atoms with E-state index in [9.17, 15) is 9.59 Å². The lowest BCUT2D eigenvalue weighted by Gasteiger charge is -2.23. The minimum absolute atomic E-state index is 0.208. The Hall–Kier alpha value is -3.20. The number of carbonyl (C=O) groups excluding carboxylic acids is 1. The summed E-state index contributed by atoms with van der Waals surface area (Å²) in [5, 5.41) is 0.548. The molecule has 0 aliphatic carbocycles. The van der Waals surface area contributed by atoms with Gasteiger partial charge in [0.2, 0.25) is 0 Å². The van der Waals surface area contributed by atoms with E-state index in [1.165, 1.54) is 27.9 Å². The highest BCUT2D eigenvalue weighted by Gasteiger charge is 2.36. The predicted octanol–water partition coefficient (Wildman–Crippen LogP) is 6.12. The van der Waals surface area contributed by atoms with Crippen LogP contribution in [-0.2, 0) is 4.79 Å². The lowest BCUT2D eigenvalue weighted by Crippen LogP contribution is -2.31. The SMILES string of the molecule is Cc1ccc2nc(Sc3ccccc3)c(/C=C3\SC(=S)N([C@@H](C)c4ccccc4)C3=O)c(=O)n2c1. The number of aryl methyl sites for hydroxylation is 1. The molecule has 1 amide bonds. The topological polar surface area (TPSA) is 54.7 Å². The summed E-state index contributed by atoms with van der Waals surface area (Å²) in [5.41, 5.74) is 2.64. The molecule has 5 rings (SSSR count). The first kappa shape index (κ1) is 23.5. The van der Waals surface area contributed by atoms with Gasteiger partial charge in [0, 0.05) is 11.1 Å². The Bertz CT molecular complexity index is 1530. The van der Waals surface area contributed by atoms with E-state index < -0.39 is 0 Å². The molecule has 8 heteroatoms. The first-order valence-corrected chi connectivity index (χ1v) is 13.0. The molecule has 35 heavy (non-hydrogen) atoms. The van der Waals surface area contributed by atoms with Crippen LogP contribution in [0.15, 0.2) is 98.6 Å². The van der Waals surface area contributed by atoms with Crippen molar-refractivity contribution in [2.75, 3.05) is 0 Å². The van der Waals surface area contributed by atoms with Crippen molar-refractivity contribution >= 4 is 57.7 Å². The van der Waals surface area contributed by atoms with Gasteiger partial charge in [-0.1, -0.05) is 90.3 Å². The van der Waals surface area contributed by atoms with Gasteiger partial charge in [0.1, 0.15) is 15.0 Å². The summed E-state index contributed by atoms with van der Waals surface area (Å²) in [5.74, 6) is -0.208. The third-order valence-electron chi connectivity index (χ3n) is 5.70. The van der Waals surface area contributed by atoms with E-state index in [2.05, 4.69) is 0 Å². The number of fused-ring (bicyclic) bond motifs is 1. The van der Waals surface area contributed by atoms with Crippen molar-refractivity contribution in [3.63, 3.8) is 0 Å². The standard InChI is InChI=1S/C27H21N3O2S3/c1-17-13-14-23-28-24(34-20-11-7-4-8-12-20)21(25(31)29(23)16-17)15-22-26(32)30(27(33)35-22)18(2)19-9-5-3-6-10-19/h3-16,18H,1-2H3/b22-15-/t18-/m0/s1. The van der Waals surface area contributed by atoms with E-state index in [1.807, 2.05) is 86.6 Å². The number of nitrogens with zero attached hydrogens (tertiary/aromatic N) is 3. The van der Waals surface area contributed by atoms with Gasteiger partial charge in [-0.25, -0.2) is 4.98 Å². The van der Waals surface area contributed by atoms with Gasteiger partial charge in [0.15, 0.2) is 0 Å². The van der Waals surface area contributed by atoms with Crippen molar-refractivity contribution in [1.82, 2.24) is 14.3 Å². The molecule has 0 bridgehead atoms. The molecule has 1 aliphatic heterocycles.